The maximum Gasteiger partial charge on any atom is 0.120 e. The van der Waals surface area contributed by atoms with Crippen LogP contribution in [0.3, 0.4) is 0 Å². The number of nitriles is 1. The van der Waals surface area contributed by atoms with Crippen LogP contribution in [0.2, 0.25) is 10.0 Å². The summed E-state index contributed by atoms with van der Waals surface area (Å²) in [5, 5.41) is 10.4. The quantitative estimate of drug-likeness (QED) is 0.408. The Kier molecular flexibility index (Phi) is 7.72. The predicted molar refractivity (Wildman–Crippen MR) is 133 cm³/mol. The van der Waals surface area contributed by atoms with Crippen molar-refractivity contribution in [3.05, 3.63) is 87.7 Å². The van der Waals surface area contributed by atoms with Gasteiger partial charge in [0.2, 0.25) is 0 Å². The molecule has 1 aliphatic heterocycles. The van der Waals surface area contributed by atoms with Crippen LogP contribution in [-0.4, -0.2) is 36.1 Å². The fourth-order valence-corrected chi connectivity index (χ4v) is 4.49. The van der Waals surface area contributed by atoms with E-state index >= 15 is 0 Å². The molecule has 0 bridgehead atoms. The van der Waals surface area contributed by atoms with E-state index in [-0.39, 0.29) is 6.04 Å². The van der Waals surface area contributed by atoms with Crippen molar-refractivity contribution in [3.63, 3.8) is 0 Å². The average Bonchev–Trinajstić information content (AvgIpc) is 2.84. The minimum atomic E-state index is 0.106. The molecule has 33 heavy (non-hydrogen) atoms. The Morgan fingerprint density at radius 2 is 1.91 bits per heavy atom. The average molecular weight is 481 g/mol. The molecular weight excluding hydrogens is 455 g/mol. The molecule has 1 aromatic heterocycles. The lowest BCUT2D eigenvalue weighted by molar-refractivity contribution is 0.213. The van der Waals surface area contributed by atoms with E-state index in [2.05, 4.69) is 39.9 Å². The molecule has 4 rings (SSSR count). The fraction of sp³-hybridized carbons (Fsp3) is 0.308. The number of piperazine rings is 1. The normalized spacial score (nSPS) is 16.4. The molecule has 3 aromatic rings. The molecule has 1 saturated heterocycles. The van der Waals surface area contributed by atoms with Gasteiger partial charge in [0, 0.05) is 43.5 Å². The van der Waals surface area contributed by atoms with Gasteiger partial charge in [0.25, 0.3) is 0 Å². The highest BCUT2D eigenvalue weighted by atomic mass is 35.5. The van der Waals surface area contributed by atoms with E-state index in [9.17, 15) is 0 Å². The number of rotatable bonds is 7. The minimum absolute atomic E-state index is 0.106. The van der Waals surface area contributed by atoms with E-state index in [1.54, 1.807) is 6.20 Å². The van der Waals surface area contributed by atoms with E-state index in [0.29, 0.717) is 17.2 Å². The van der Waals surface area contributed by atoms with E-state index in [0.717, 1.165) is 54.8 Å². The van der Waals surface area contributed by atoms with Gasteiger partial charge in [-0.05, 0) is 48.4 Å². The molecule has 2 aromatic carbocycles. The van der Waals surface area contributed by atoms with Gasteiger partial charge in [-0.2, -0.15) is 5.26 Å². The van der Waals surface area contributed by atoms with Gasteiger partial charge in [0.05, 0.1) is 34.6 Å². The lowest BCUT2D eigenvalue weighted by atomic mass is 10.0. The van der Waals surface area contributed by atoms with E-state index < -0.39 is 0 Å². The fourth-order valence-electron chi connectivity index (χ4n) is 4.09. The van der Waals surface area contributed by atoms with Crippen LogP contribution in [0.15, 0.2) is 60.8 Å². The van der Waals surface area contributed by atoms with Crippen molar-refractivity contribution in [2.24, 2.45) is 0 Å². The molecule has 2 heterocycles. The number of benzene rings is 2. The van der Waals surface area contributed by atoms with Crippen molar-refractivity contribution in [3.8, 4) is 11.8 Å². The van der Waals surface area contributed by atoms with Crippen molar-refractivity contribution in [2.75, 3.05) is 31.1 Å². The van der Waals surface area contributed by atoms with Crippen LogP contribution in [0.1, 0.15) is 36.2 Å². The summed E-state index contributed by atoms with van der Waals surface area (Å²) < 4.78 is 5.75. The lowest BCUT2D eigenvalue weighted by Gasteiger charge is -2.43. The van der Waals surface area contributed by atoms with E-state index in [4.69, 9.17) is 33.2 Å². The third-order valence-electron chi connectivity index (χ3n) is 5.76. The SMILES string of the molecule is CCCOc1ccc(N2CCN(Cc3ccc(C#N)cn3)C[C@H]2c2ccc(Cl)cc2)c(Cl)c1. The Balaban J connectivity index is 1.58. The highest BCUT2D eigenvalue weighted by Crippen LogP contribution is 2.37. The van der Waals surface area contributed by atoms with Gasteiger partial charge in [-0.1, -0.05) is 42.3 Å². The zero-order valence-electron chi connectivity index (χ0n) is 18.5. The first-order valence-electron chi connectivity index (χ1n) is 11.1. The van der Waals surface area contributed by atoms with Crippen LogP contribution in [0.25, 0.3) is 0 Å². The minimum Gasteiger partial charge on any atom is -0.494 e. The van der Waals surface area contributed by atoms with Crippen LogP contribution in [0, 0.1) is 11.3 Å². The molecule has 0 saturated carbocycles. The van der Waals surface area contributed by atoms with Crippen LogP contribution in [0.4, 0.5) is 5.69 Å². The Labute approximate surface area is 205 Å². The number of pyridine rings is 1. The molecular formula is C26H26Cl2N4O. The first-order valence-corrected chi connectivity index (χ1v) is 11.8. The summed E-state index contributed by atoms with van der Waals surface area (Å²) in [6, 6.07) is 19.9. The standard InChI is InChI=1S/C26H26Cl2N4O/c1-2-13-33-23-9-10-25(24(28)14-23)32-12-11-31(17-22-8-3-19(15-29)16-30-22)18-26(32)20-4-6-21(27)7-5-20/h3-10,14,16,26H,2,11-13,17-18H2,1H3/t26-/m0/s1. The molecule has 1 aliphatic rings. The summed E-state index contributed by atoms with van der Waals surface area (Å²) in [5.41, 5.74) is 3.70. The van der Waals surface area contributed by atoms with E-state index in [1.807, 2.05) is 42.5 Å². The topological polar surface area (TPSA) is 52.4 Å². The molecule has 7 heteroatoms. The van der Waals surface area contributed by atoms with Crippen molar-refractivity contribution in [1.82, 2.24) is 9.88 Å². The van der Waals surface area contributed by atoms with Crippen LogP contribution < -0.4 is 9.64 Å². The van der Waals surface area contributed by atoms with Gasteiger partial charge in [-0.15, -0.1) is 0 Å². The van der Waals surface area contributed by atoms with Gasteiger partial charge in [0.15, 0.2) is 0 Å². The zero-order chi connectivity index (χ0) is 23.2. The summed E-state index contributed by atoms with van der Waals surface area (Å²) >= 11 is 12.9. The highest BCUT2D eigenvalue weighted by molar-refractivity contribution is 6.33. The van der Waals surface area contributed by atoms with Gasteiger partial charge in [-0.3, -0.25) is 9.88 Å². The largest absolute Gasteiger partial charge is 0.494 e. The third kappa shape index (κ3) is 5.78. The van der Waals surface area contributed by atoms with Gasteiger partial charge in [-0.25, -0.2) is 0 Å². The molecule has 5 nitrogen and oxygen atoms in total. The molecule has 0 N–H and O–H groups in total. The van der Waals surface area contributed by atoms with Gasteiger partial charge < -0.3 is 9.64 Å². The van der Waals surface area contributed by atoms with Crippen molar-refractivity contribution < 1.29 is 4.74 Å². The van der Waals surface area contributed by atoms with E-state index in [1.165, 1.54) is 5.56 Å². The first-order chi connectivity index (χ1) is 16.1. The zero-order valence-corrected chi connectivity index (χ0v) is 20.1. The molecule has 0 amide bonds. The highest BCUT2D eigenvalue weighted by Gasteiger charge is 2.30. The van der Waals surface area contributed by atoms with Gasteiger partial charge >= 0.3 is 0 Å². The number of hydrogen-bond donors (Lipinski definition) is 0. The first kappa shape index (κ1) is 23.4. The van der Waals surface area contributed by atoms with Crippen LogP contribution in [-0.2, 0) is 6.54 Å². The molecule has 1 atom stereocenters. The lowest BCUT2D eigenvalue weighted by Crippen LogP contribution is -2.48. The Morgan fingerprint density at radius 1 is 1.09 bits per heavy atom. The smallest absolute Gasteiger partial charge is 0.120 e. The second-order valence-electron chi connectivity index (χ2n) is 8.11. The number of hydrogen-bond acceptors (Lipinski definition) is 5. The number of nitrogens with zero attached hydrogens (tertiary/aromatic N) is 4. The summed E-state index contributed by atoms with van der Waals surface area (Å²) in [4.78, 5) is 9.19. The molecule has 1 fully saturated rings. The molecule has 170 valence electrons. The Hall–Kier alpha value is -2.78. The molecule has 0 spiro atoms. The predicted octanol–water partition coefficient (Wildman–Crippen LogP) is 6.11. The summed E-state index contributed by atoms with van der Waals surface area (Å²) in [5.74, 6) is 0.791. The number of anilines is 1. The Morgan fingerprint density at radius 3 is 2.58 bits per heavy atom. The van der Waals surface area contributed by atoms with Crippen molar-refractivity contribution in [1.29, 1.82) is 5.26 Å². The monoisotopic (exact) mass is 480 g/mol. The number of halogens is 2. The summed E-state index contributed by atoms with van der Waals surface area (Å²) in [6.07, 6.45) is 2.58. The maximum absolute atomic E-state index is 9.02. The summed E-state index contributed by atoms with van der Waals surface area (Å²) in [7, 11) is 0. The second kappa shape index (κ2) is 10.9. The van der Waals surface area contributed by atoms with Crippen LogP contribution >= 0.6 is 23.2 Å². The third-order valence-corrected chi connectivity index (χ3v) is 6.31. The van der Waals surface area contributed by atoms with Gasteiger partial charge in [0.1, 0.15) is 11.8 Å². The molecule has 0 unspecified atom stereocenters. The second-order valence-corrected chi connectivity index (χ2v) is 8.95. The molecule has 0 radical (unpaired) electrons. The number of aromatic nitrogens is 1. The maximum atomic E-state index is 9.02. The summed E-state index contributed by atoms with van der Waals surface area (Å²) in [6.45, 7) is 5.98. The molecule has 0 aliphatic carbocycles. The van der Waals surface area contributed by atoms with Crippen LogP contribution in [0.5, 0.6) is 5.75 Å². The number of ether oxygens (including phenoxy) is 1. The van der Waals surface area contributed by atoms with Crippen molar-refractivity contribution >= 4 is 28.9 Å². The van der Waals surface area contributed by atoms with Crippen molar-refractivity contribution in [2.45, 2.75) is 25.9 Å². The Bertz CT molecular complexity index is 1110.